The molecule has 0 bridgehead atoms. The minimum Gasteiger partial charge on any atom is -0.364 e. The Kier molecular flexibility index (Phi) is 6.79. The molecule has 4 N–H and O–H groups in total. The van der Waals surface area contributed by atoms with Crippen LogP contribution < -0.4 is 21.5 Å². The minimum atomic E-state index is -0.368. The Labute approximate surface area is 184 Å². The molecule has 0 unspecified atom stereocenters. The van der Waals surface area contributed by atoms with Crippen molar-refractivity contribution in [3.63, 3.8) is 0 Å². The zero-order valence-electron chi connectivity index (χ0n) is 18.1. The van der Waals surface area contributed by atoms with E-state index in [0.29, 0.717) is 34.9 Å². The summed E-state index contributed by atoms with van der Waals surface area (Å²) in [4.78, 5) is 36.4. The molecule has 0 aromatic carbocycles. The third kappa shape index (κ3) is 5.13. The van der Waals surface area contributed by atoms with E-state index in [1.807, 2.05) is 0 Å². The highest BCUT2D eigenvalue weighted by Crippen LogP contribution is 2.17. The summed E-state index contributed by atoms with van der Waals surface area (Å²) in [7, 11) is 0. The Balaban J connectivity index is 1.32. The fraction of sp³-hybridized carbons (Fsp3) is 0.455. The number of carbonyl (C=O) groups excluding carboxylic acids is 1. The number of H-pyrrole nitrogens is 1. The predicted octanol–water partition coefficient (Wildman–Crippen LogP) is 1.83. The second-order valence-corrected chi connectivity index (χ2v) is 8.14. The maximum absolute atomic E-state index is 13.7. The SMILES string of the molecule is Cc1cnc(NCCNC2CCCC2)c(=O)n1CC(=O)NCc1cc2c(F)c[nH]c2cn1. The van der Waals surface area contributed by atoms with Crippen molar-refractivity contribution in [2.24, 2.45) is 0 Å². The first-order valence-corrected chi connectivity index (χ1v) is 10.9. The van der Waals surface area contributed by atoms with E-state index in [4.69, 9.17) is 0 Å². The smallest absolute Gasteiger partial charge is 0.293 e. The summed E-state index contributed by atoms with van der Waals surface area (Å²) in [6.07, 6.45) is 9.31. The first-order chi connectivity index (χ1) is 15.5. The molecule has 10 heteroatoms. The molecule has 170 valence electrons. The maximum Gasteiger partial charge on any atom is 0.293 e. The molecule has 3 heterocycles. The number of hydrogen-bond acceptors (Lipinski definition) is 6. The molecule has 4 rings (SSSR count). The third-order valence-electron chi connectivity index (χ3n) is 5.80. The lowest BCUT2D eigenvalue weighted by atomic mass is 10.2. The molecule has 1 aliphatic rings. The molecule has 1 fully saturated rings. The van der Waals surface area contributed by atoms with Gasteiger partial charge in [0, 0.05) is 42.6 Å². The maximum atomic E-state index is 13.7. The van der Waals surface area contributed by atoms with E-state index in [0.717, 1.165) is 6.54 Å². The van der Waals surface area contributed by atoms with Crippen molar-refractivity contribution in [3.8, 4) is 0 Å². The van der Waals surface area contributed by atoms with Gasteiger partial charge in [-0.1, -0.05) is 12.8 Å². The van der Waals surface area contributed by atoms with Crippen LogP contribution in [-0.4, -0.2) is 44.6 Å². The van der Waals surface area contributed by atoms with Crippen LogP contribution in [0.5, 0.6) is 0 Å². The summed E-state index contributed by atoms with van der Waals surface area (Å²) < 4.78 is 15.1. The van der Waals surface area contributed by atoms with E-state index < -0.39 is 0 Å². The van der Waals surface area contributed by atoms with Crippen LogP contribution in [0.4, 0.5) is 10.2 Å². The molecule has 9 nitrogen and oxygen atoms in total. The summed E-state index contributed by atoms with van der Waals surface area (Å²) >= 11 is 0. The lowest BCUT2D eigenvalue weighted by molar-refractivity contribution is -0.121. The van der Waals surface area contributed by atoms with E-state index in [-0.39, 0.29) is 36.2 Å². The number of rotatable bonds is 9. The van der Waals surface area contributed by atoms with Gasteiger partial charge in [-0.25, -0.2) is 9.37 Å². The monoisotopic (exact) mass is 441 g/mol. The molecule has 1 aliphatic carbocycles. The van der Waals surface area contributed by atoms with Crippen molar-refractivity contribution in [2.45, 2.75) is 51.7 Å². The molecule has 32 heavy (non-hydrogen) atoms. The van der Waals surface area contributed by atoms with Crippen molar-refractivity contribution in [1.82, 2.24) is 30.2 Å². The molecule has 1 saturated carbocycles. The number of nitrogens with zero attached hydrogens (tertiary/aromatic N) is 3. The Morgan fingerprint density at radius 3 is 2.88 bits per heavy atom. The average molecular weight is 442 g/mol. The van der Waals surface area contributed by atoms with Crippen LogP contribution in [0.2, 0.25) is 0 Å². The second-order valence-electron chi connectivity index (χ2n) is 8.14. The first kappa shape index (κ1) is 21.9. The van der Waals surface area contributed by atoms with E-state index in [9.17, 15) is 14.0 Å². The number of aromatic amines is 1. The molecule has 1 amide bonds. The summed E-state index contributed by atoms with van der Waals surface area (Å²) in [5.41, 5.74) is 1.37. The van der Waals surface area contributed by atoms with Crippen LogP contribution in [-0.2, 0) is 17.9 Å². The quantitative estimate of drug-likeness (QED) is 0.377. The summed E-state index contributed by atoms with van der Waals surface area (Å²) in [6.45, 7) is 3.06. The lowest BCUT2D eigenvalue weighted by Gasteiger charge is -2.14. The average Bonchev–Trinajstić information content (AvgIpc) is 3.44. The zero-order valence-corrected chi connectivity index (χ0v) is 18.1. The predicted molar refractivity (Wildman–Crippen MR) is 120 cm³/mol. The van der Waals surface area contributed by atoms with Gasteiger partial charge in [-0.2, -0.15) is 0 Å². The van der Waals surface area contributed by atoms with Crippen LogP contribution in [0, 0.1) is 12.7 Å². The van der Waals surface area contributed by atoms with E-state index >= 15 is 0 Å². The van der Waals surface area contributed by atoms with Gasteiger partial charge in [0.15, 0.2) is 5.82 Å². The molecule has 0 radical (unpaired) electrons. The van der Waals surface area contributed by atoms with Gasteiger partial charge in [-0.3, -0.25) is 19.1 Å². The van der Waals surface area contributed by atoms with Crippen LogP contribution in [0.15, 0.2) is 29.5 Å². The molecule has 0 spiro atoms. The first-order valence-electron chi connectivity index (χ1n) is 10.9. The number of hydrogen-bond donors (Lipinski definition) is 4. The van der Waals surface area contributed by atoms with Crippen LogP contribution >= 0.6 is 0 Å². The summed E-state index contributed by atoms with van der Waals surface area (Å²) in [5, 5.41) is 9.70. The number of amides is 1. The third-order valence-corrected chi connectivity index (χ3v) is 5.80. The Bertz CT molecular complexity index is 1150. The van der Waals surface area contributed by atoms with Crippen molar-refractivity contribution in [1.29, 1.82) is 0 Å². The molecular weight excluding hydrogens is 413 g/mol. The van der Waals surface area contributed by atoms with E-state index in [1.165, 1.54) is 42.6 Å². The van der Waals surface area contributed by atoms with Gasteiger partial charge in [-0.05, 0) is 25.8 Å². The van der Waals surface area contributed by atoms with Gasteiger partial charge in [0.05, 0.1) is 24.0 Å². The number of halogens is 1. The van der Waals surface area contributed by atoms with Gasteiger partial charge < -0.3 is 20.9 Å². The largest absolute Gasteiger partial charge is 0.364 e. The highest BCUT2D eigenvalue weighted by molar-refractivity contribution is 5.80. The number of aryl methyl sites for hydroxylation is 1. The molecule has 0 aliphatic heterocycles. The normalized spacial score (nSPS) is 14.2. The lowest BCUT2D eigenvalue weighted by Crippen LogP contribution is -2.36. The fourth-order valence-corrected chi connectivity index (χ4v) is 3.99. The number of fused-ring (bicyclic) bond motifs is 1. The number of anilines is 1. The van der Waals surface area contributed by atoms with E-state index in [2.05, 4.69) is 30.9 Å². The highest BCUT2D eigenvalue weighted by Gasteiger charge is 2.15. The summed E-state index contributed by atoms with van der Waals surface area (Å²) in [5.74, 6) is -0.481. The highest BCUT2D eigenvalue weighted by atomic mass is 19.1. The molecule has 3 aromatic rings. The Morgan fingerprint density at radius 1 is 1.25 bits per heavy atom. The molecule has 0 saturated heterocycles. The van der Waals surface area contributed by atoms with Gasteiger partial charge in [0.1, 0.15) is 12.4 Å². The number of pyridine rings is 1. The van der Waals surface area contributed by atoms with Gasteiger partial charge >= 0.3 is 0 Å². The van der Waals surface area contributed by atoms with Gasteiger partial charge in [0.2, 0.25) is 5.91 Å². The molecular formula is C22H28FN7O2. The number of carbonyl (C=O) groups is 1. The van der Waals surface area contributed by atoms with Crippen molar-refractivity contribution in [3.05, 3.63) is 52.2 Å². The van der Waals surface area contributed by atoms with E-state index in [1.54, 1.807) is 19.2 Å². The topological polar surface area (TPSA) is 117 Å². The van der Waals surface area contributed by atoms with Gasteiger partial charge in [-0.15, -0.1) is 0 Å². The Morgan fingerprint density at radius 2 is 2.06 bits per heavy atom. The van der Waals surface area contributed by atoms with Crippen molar-refractivity contribution < 1.29 is 9.18 Å². The van der Waals surface area contributed by atoms with Crippen LogP contribution in [0.3, 0.4) is 0 Å². The second kappa shape index (κ2) is 9.90. The zero-order chi connectivity index (χ0) is 22.5. The summed E-state index contributed by atoms with van der Waals surface area (Å²) in [6, 6.07) is 2.15. The number of aromatic nitrogens is 4. The number of nitrogens with one attached hydrogen (secondary N) is 4. The molecule has 3 aromatic heterocycles. The Hall–Kier alpha value is -3.27. The van der Waals surface area contributed by atoms with Crippen molar-refractivity contribution >= 4 is 22.6 Å². The van der Waals surface area contributed by atoms with Crippen LogP contribution in [0.25, 0.3) is 10.9 Å². The minimum absolute atomic E-state index is 0.135. The van der Waals surface area contributed by atoms with Gasteiger partial charge in [0.25, 0.3) is 5.56 Å². The fourth-order valence-electron chi connectivity index (χ4n) is 3.99. The molecule has 0 atom stereocenters. The van der Waals surface area contributed by atoms with Crippen molar-refractivity contribution in [2.75, 3.05) is 18.4 Å². The standard InChI is InChI=1S/C22H28FN7O2/c1-14-9-29-21(25-7-6-24-15-4-2-3-5-15)22(32)30(14)13-20(31)28-10-16-8-17-18(23)11-27-19(17)12-26-16/h8-9,11-12,15,24,27H,2-7,10,13H2,1H3,(H,25,29)(H,28,31). The van der Waals surface area contributed by atoms with Crippen LogP contribution in [0.1, 0.15) is 37.1 Å².